The summed E-state index contributed by atoms with van der Waals surface area (Å²) in [5.41, 5.74) is -1.57. The van der Waals surface area contributed by atoms with E-state index in [2.05, 4.69) is 5.32 Å². The maximum Gasteiger partial charge on any atom is 0.342 e. The van der Waals surface area contributed by atoms with Crippen molar-refractivity contribution in [2.24, 2.45) is 5.92 Å². The highest BCUT2D eigenvalue weighted by Gasteiger charge is 2.30. The van der Waals surface area contributed by atoms with Crippen LogP contribution in [0.15, 0.2) is 12.1 Å². The highest BCUT2D eigenvalue weighted by Crippen LogP contribution is 2.33. The van der Waals surface area contributed by atoms with Crippen LogP contribution in [0.4, 0.5) is 15.8 Å². The number of carboxylic acids is 1. The van der Waals surface area contributed by atoms with Crippen LogP contribution in [0.3, 0.4) is 0 Å². The van der Waals surface area contributed by atoms with Crippen molar-refractivity contribution in [1.82, 2.24) is 0 Å². The average molecular weight is 284 g/mol. The Kier molecular flexibility index (Phi) is 3.84. The number of hydrogen-bond acceptors (Lipinski definition) is 5. The molecule has 2 rings (SSSR count). The van der Waals surface area contributed by atoms with E-state index in [1.807, 2.05) is 0 Å². The minimum atomic E-state index is -1.51. The largest absolute Gasteiger partial charge is 0.477 e. The lowest BCUT2D eigenvalue weighted by Gasteiger charge is -2.13. The molecule has 1 aromatic rings. The minimum Gasteiger partial charge on any atom is -0.477 e. The summed E-state index contributed by atoms with van der Waals surface area (Å²) in [5, 5.41) is 31.8. The van der Waals surface area contributed by atoms with E-state index in [0.29, 0.717) is 6.07 Å². The fraction of sp³-hybridized carbons (Fsp3) is 0.417. The van der Waals surface area contributed by atoms with Crippen LogP contribution in [-0.2, 0) is 0 Å². The van der Waals surface area contributed by atoms with Crippen molar-refractivity contribution in [2.45, 2.75) is 18.9 Å². The van der Waals surface area contributed by atoms with Gasteiger partial charge in [0.15, 0.2) is 5.82 Å². The molecular weight excluding hydrogens is 271 g/mol. The Bertz CT molecular complexity index is 559. The van der Waals surface area contributed by atoms with E-state index < -0.39 is 34.1 Å². The van der Waals surface area contributed by atoms with Gasteiger partial charge in [0, 0.05) is 6.54 Å². The van der Waals surface area contributed by atoms with Gasteiger partial charge >= 0.3 is 5.97 Å². The molecule has 8 heteroatoms. The number of benzene rings is 1. The zero-order valence-corrected chi connectivity index (χ0v) is 10.4. The van der Waals surface area contributed by atoms with Crippen molar-refractivity contribution in [3.63, 3.8) is 0 Å². The van der Waals surface area contributed by atoms with E-state index in [1.54, 1.807) is 0 Å². The highest BCUT2D eigenvalue weighted by atomic mass is 19.1. The first-order chi connectivity index (χ1) is 9.40. The van der Waals surface area contributed by atoms with Gasteiger partial charge in [-0.25, -0.2) is 9.18 Å². The van der Waals surface area contributed by atoms with Crippen LogP contribution in [0, 0.1) is 21.8 Å². The molecule has 1 saturated carbocycles. The fourth-order valence-electron chi connectivity index (χ4n) is 1.88. The lowest BCUT2D eigenvalue weighted by molar-refractivity contribution is -0.385. The second-order valence-electron chi connectivity index (χ2n) is 4.70. The molecule has 1 atom stereocenters. The van der Waals surface area contributed by atoms with Gasteiger partial charge in [0.2, 0.25) is 0 Å². The van der Waals surface area contributed by atoms with Crippen LogP contribution < -0.4 is 5.32 Å². The normalized spacial score (nSPS) is 15.7. The molecule has 1 fully saturated rings. The second-order valence-corrected chi connectivity index (χ2v) is 4.70. The average Bonchev–Trinajstić information content (AvgIpc) is 3.20. The minimum absolute atomic E-state index is 0.0679. The van der Waals surface area contributed by atoms with E-state index in [4.69, 9.17) is 5.11 Å². The number of rotatable bonds is 6. The Morgan fingerprint density at radius 3 is 2.70 bits per heavy atom. The Hall–Kier alpha value is -2.22. The molecule has 1 aliphatic carbocycles. The maximum absolute atomic E-state index is 13.7. The number of nitro groups is 1. The second kappa shape index (κ2) is 5.41. The van der Waals surface area contributed by atoms with E-state index in [0.717, 1.165) is 18.9 Å². The first-order valence-corrected chi connectivity index (χ1v) is 6.03. The van der Waals surface area contributed by atoms with Gasteiger partial charge in [0.1, 0.15) is 5.56 Å². The highest BCUT2D eigenvalue weighted by molar-refractivity contribution is 5.93. The van der Waals surface area contributed by atoms with Crippen molar-refractivity contribution in [1.29, 1.82) is 0 Å². The Balaban J connectivity index is 2.21. The van der Waals surface area contributed by atoms with Gasteiger partial charge in [-0.3, -0.25) is 10.1 Å². The smallest absolute Gasteiger partial charge is 0.342 e. The third-order valence-electron chi connectivity index (χ3n) is 3.18. The zero-order chi connectivity index (χ0) is 14.9. The summed E-state index contributed by atoms with van der Waals surface area (Å²) in [6.07, 6.45) is 1.18. The van der Waals surface area contributed by atoms with Gasteiger partial charge in [-0.15, -0.1) is 0 Å². The predicted molar refractivity (Wildman–Crippen MR) is 67.2 cm³/mol. The molecular formula is C12H13FN2O5. The zero-order valence-electron chi connectivity index (χ0n) is 10.4. The number of aliphatic hydroxyl groups is 1. The van der Waals surface area contributed by atoms with Gasteiger partial charge < -0.3 is 15.5 Å². The number of nitrogens with zero attached hydrogens (tertiary/aromatic N) is 1. The van der Waals surface area contributed by atoms with Crippen molar-refractivity contribution < 1.29 is 24.3 Å². The molecule has 0 aromatic heterocycles. The van der Waals surface area contributed by atoms with E-state index in [-0.39, 0.29) is 18.2 Å². The number of carboxylic acid groups (broad SMARTS) is 1. The molecule has 0 aliphatic heterocycles. The topological polar surface area (TPSA) is 113 Å². The maximum atomic E-state index is 13.7. The van der Waals surface area contributed by atoms with Crippen molar-refractivity contribution in [2.75, 3.05) is 11.9 Å². The monoisotopic (exact) mass is 284 g/mol. The van der Waals surface area contributed by atoms with Crippen molar-refractivity contribution in [3.8, 4) is 0 Å². The van der Waals surface area contributed by atoms with Gasteiger partial charge in [-0.1, -0.05) is 0 Å². The van der Waals surface area contributed by atoms with Crippen LogP contribution in [-0.4, -0.2) is 33.8 Å². The molecule has 108 valence electrons. The molecule has 1 unspecified atom stereocenters. The van der Waals surface area contributed by atoms with Crippen LogP contribution in [0.2, 0.25) is 0 Å². The number of aliphatic hydroxyl groups excluding tert-OH is 1. The molecule has 20 heavy (non-hydrogen) atoms. The summed E-state index contributed by atoms with van der Waals surface area (Å²) in [6, 6.07) is 1.44. The number of halogens is 1. The number of nitro benzene ring substituents is 1. The molecule has 3 N–H and O–H groups in total. The number of anilines is 1. The van der Waals surface area contributed by atoms with Crippen molar-refractivity contribution >= 4 is 17.3 Å². The molecule has 1 aliphatic rings. The Morgan fingerprint density at radius 2 is 2.20 bits per heavy atom. The van der Waals surface area contributed by atoms with Crippen LogP contribution in [0.1, 0.15) is 23.2 Å². The van der Waals surface area contributed by atoms with Gasteiger partial charge in [-0.05, 0) is 24.8 Å². The summed E-state index contributed by atoms with van der Waals surface area (Å²) >= 11 is 0. The molecule has 0 radical (unpaired) electrons. The Labute approximate surface area is 113 Å². The van der Waals surface area contributed by atoms with Gasteiger partial charge in [0.05, 0.1) is 22.8 Å². The quantitative estimate of drug-likeness (QED) is 0.540. The molecule has 1 aromatic carbocycles. The molecule has 0 spiro atoms. The third-order valence-corrected chi connectivity index (χ3v) is 3.18. The van der Waals surface area contributed by atoms with Crippen LogP contribution >= 0.6 is 0 Å². The van der Waals surface area contributed by atoms with Crippen molar-refractivity contribution in [3.05, 3.63) is 33.6 Å². The molecule has 0 bridgehead atoms. The first-order valence-electron chi connectivity index (χ1n) is 6.03. The number of carbonyl (C=O) groups is 1. The molecule has 0 amide bonds. The first kappa shape index (κ1) is 14.2. The number of hydrogen-bond donors (Lipinski definition) is 3. The van der Waals surface area contributed by atoms with E-state index in [9.17, 15) is 24.4 Å². The molecule has 7 nitrogen and oxygen atoms in total. The lowest BCUT2D eigenvalue weighted by Crippen LogP contribution is -2.22. The van der Waals surface area contributed by atoms with Crippen LogP contribution in [0.5, 0.6) is 0 Å². The lowest BCUT2D eigenvalue weighted by atomic mass is 10.1. The van der Waals surface area contributed by atoms with Gasteiger partial charge in [-0.2, -0.15) is 0 Å². The predicted octanol–water partition coefficient (Wildman–Crippen LogP) is 1.61. The number of aromatic carboxylic acids is 1. The summed E-state index contributed by atoms with van der Waals surface area (Å²) in [7, 11) is 0. The molecule has 0 heterocycles. The van der Waals surface area contributed by atoms with E-state index in [1.165, 1.54) is 0 Å². The SMILES string of the molecule is O=C(O)c1cc(NCC(O)C2CC2)c(F)cc1[N+](=O)[O-]. The van der Waals surface area contributed by atoms with Crippen LogP contribution in [0.25, 0.3) is 0 Å². The standard InChI is InChI=1S/C12H13FN2O5/c13-8-4-10(15(19)20)7(12(17)18)3-9(8)14-5-11(16)6-1-2-6/h3-4,6,11,14,16H,1-2,5H2,(H,17,18). The molecule has 0 saturated heterocycles. The summed E-state index contributed by atoms with van der Waals surface area (Å²) in [6.45, 7) is 0.0679. The fourth-order valence-corrected chi connectivity index (χ4v) is 1.88. The third kappa shape index (κ3) is 3.02. The Morgan fingerprint density at radius 1 is 1.55 bits per heavy atom. The summed E-state index contributed by atoms with van der Waals surface area (Å²) < 4.78 is 13.7. The number of nitrogens with one attached hydrogen (secondary N) is 1. The van der Waals surface area contributed by atoms with Gasteiger partial charge in [0.25, 0.3) is 5.69 Å². The summed E-state index contributed by atoms with van der Waals surface area (Å²) in [5.74, 6) is -2.25. The summed E-state index contributed by atoms with van der Waals surface area (Å²) in [4.78, 5) is 20.7. The van der Waals surface area contributed by atoms with E-state index >= 15 is 0 Å².